The molecule has 0 saturated heterocycles. The van der Waals surface area contributed by atoms with E-state index in [1.165, 1.54) is 6.07 Å². The molecule has 0 aliphatic carbocycles. The highest BCUT2D eigenvalue weighted by atomic mass is 79.9. The van der Waals surface area contributed by atoms with Gasteiger partial charge >= 0.3 is 0 Å². The first kappa shape index (κ1) is 9.54. The molecule has 0 atom stereocenters. The highest BCUT2D eigenvalue weighted by Gasteiger charge is 2.10. The van der Waals surface area contributed by atoms with Gasteiger partial charge in [0.2, 0.25) is 5.13 Å². The van der Waals surface area contributed by atoms with Crippen molar-refractivity contribution >= 4 is 32.4 Å². The average Bonchev–Trinajstić information content (AvgIpc) is 2.56. The van der Waals surface area contributed by atoms with Crippen molar-refractivity contribution in [3.63, 3.8) is 0 Å². The summed E-state index contributed by atoms with van der Waals surface area (Å²) in [6, 6.07) is 4.65. The topological polar surface area (TPSA) is 51.8 Å². The van der Waals surface area contributed by atoms with Gasteiger partial charge in [-0.2, -0.15) is 0 Å². The summed E-state index contributed by atoms with van der Waals surface area (Å²) in [5.41, 5.74) is 5.83. The molecule has 1 aromatic heterocycles. The number of halogens is 2. The Balaban J connectivity index is 2.55. The van der Waals surface area contributed by atoms with Crippen LogP contribution in [0.4, 0.5) is 9.52 Å². The van der Waals surface area contributed by atoms with E-state index in [1.54, 1.807) is 12.1 Å². The van der Waals surface area contributed by atoms with Crippen LogP contribution in [-0.2, 0) is 0 Å². The van der Waals surface area contributed by atoms with Crippen LogP contribution >= 0.6 is 27.3 Å². The van der Waals surface area contributed by atoms with Crippen molar-refractivity contribution in [2.24, 2.45) is 0 Å². The summed E-state index contributed by atoms with van der Waals surface area (Å²) in [7, 11) is 0. The van der Waals surface area contributed by atoms with Crippen LogP contribution in [0.25, 0.3) is 10.6 Å². The zero-order chi connectivity index (χ0) is 10.1. The standard InChI is InChI=1S/C8H5BrFN3S/c9-4-1-2-6(10)5(3-4)7-12-13-8(11)14-7/h1-3H,(H2,11,13). The molecule has 0 fully saturated rings. The van der Waals surface area contributed by atoms with Crippen LogP contribution in [0.3, 0.4) is 0 Å². The van der Waals surface area contributed by atoms with Crippen molar-refractivity contribution in [3.05, 3.63) is 28.5 Å². The highest BCUT2D eigenvalue weighted by molar-refractivity contribution is 9.10. The van der Waals surface area contributed by atoms with E-state index in [0.29, 0.717) is 15.7 Å². The first-order chi connectivity index (χ1) is 6.66. The predicted molar refractivity (Wildman–Crippen MR) is 57.4 cm³/mol. The molecule has 0 radical (unpaired) electrons. The Kier molecular flexibility index (Phi) is 2.47. The fourth-order valence-corrected chi connectivity index (χ4v) is 1.99. The minimum Gasteiger partial charge on any atom is -0.374 e. The minimum atomic E-state index is -0.329. The van der Waals surface area contributed by atoms with Gasteiger partial charge in [0, 0.05) is 10.0 Å². The van der Waals surface area contributed by atoms with E-state index in [-0.39, 0.29) is 5.82 Å². The molecule has 0 unspecified atom stereocenters. The van der Waals surface area contributed by atoms with E-state index < -0.39 is 0 Å². The molecule has 2 aromatic rings. The second kappa shape index (κ2) is 3.62. The molecule has 0 aliphatic heterocycles. The number of nitrogen functional groups attached to an aromatic ring is 1. The Labute approximate surface area is 91.9 Å². The van der Waals surface area contributed by atoms with Crippen molar-refractivity contribution < 1.29 is 4.39 Å². The largest absolute Gasteiger partial charge is 0.374 e. The Bertz CT molecular complexity index is 471. The van der Waals surface area contributed by atoms with Gasteiger partial charge in [0.15, 0.2) is 5.01 Å². The molecule has 0 amide bonds. The number of aromatic nitrogens is 2. The highest BCUT2D eigenvalue weighted by Crippen LogP contribution is 2.29. The molecule has 0 saturated carbocycles. The number of hydrogen-bond donors (Lipinski definition) is 1. The number of nitrogens with two attached hydrogens (primary N) is 1. The zero-order valence-electron chi connectivity index (χ0n) is 6.87. The molecule has 3 nitrogen and oxygen atoms in total. The molecule has 2 N–H and O–H groups in total. The first-order valence-corrected chi connectivity index (χ1v) is 5.32. The maximum absolute atomic E-state index is 13.3. The van der Waals surface area contributed by atoms with E-state index in [4.69, 9.17) is 5.73 Å². The Morgan fingerprint density at radius 3 is 2.79 bits per heavy atom. The molecule has 72 valence electrons. The van der Waals surface area contributed by atoms with E-state index >= 15 is 0 Å². The van der Waals surface area contributed by atoms with Crippen molar-refractivity contribution in [1.29, 1.82) is 0 Å². The smallest absolute Gasteiger partial charge is 0.203 e. The summed E-state index contributed by atoms with van der Waals surface area (Å²) in [6.07, 6.45) is 0. The van der Waals surface area contributed by atoms with Crippen LogP contribution < -0.4 is 5.73 Å². The van der Waals surface area contributed by atoms with Gasteiger partial charge in [-0.15, -0.1) is 10.2 Å². The maximum Gasteiger partial charge on any atom is 0.203 e. The van der Waals surface area contributed by atoms with Crippen LogP contribution in [-0.4, -0.2) is 10.2 Å². The molecule has 6 heteroatoms. The first-order valence-electron chi connectivity index (χ1n) is 3.71. The van der Waals surface area contributed by atoms with E-state index in [2.05, 4.69) is 26.1 Å². The van der Waals surface area contributed by atoms with Crippen molar-refractivity contribution in [2.75, 3.05) is 5.73 Å². The Hall–Kier alpha value is -1.01. The van der Waals surface area contributed by atoms with Crippen molar-refractivity contribution in [3.8, 4) is 10.6 Å². The van der Waals surface area contributed by atoms with Gasteiger partial charge in [0.05, 0.1) is 0 Å². The molecule has 2 rings (SSSR count). The third-order valence-corrected chi connectivity index (χ3v) is 2.88. The van der Waals surface area contributed by atoms with Gasteiger partial charge in [0.25, 0.3) is 0 Å². The molecule has 1 aromatic carbocycles. The van der Waals surface area contributed by atoms with Crippen LogP contribution in [0.1, 0.15) is 0 Å². The van der Waals surface area contributed by atoms with Crippen LogP contribution in [0.2, 0.25) is 0 Å². The van der Waals surface area contributed by atoms with E-state index in [1.807, 2.05) is 0 Å². The summed E-state index contributed by atoms with van der Waals surface area (Å²) < 4.78 is 14.1. The van der Waals surface area contributed by atoms with E-state index in [9.17, 15) is 4.39 Å². The van der Waals surface area contributed by atoms with Crippen molar-refractivity contribution in [1.82, 2.24) is 10.2 Å². The Morgan fingerprint density at radius 1 is 1.36 bits per heavy atom. The molecule has 0 bridgehead atoms. The molecule has 14 heavy (non-hydrogen) atoms. The van der Waals surface area contributed by atoms with Gasteiger partial charge in [0.1, 0.15) is 5.82 Å². The number of rotatable bonds is 1. The van der Waals surface area contributed by atoms with Gasteiger partial charge in [-0.25, -0.2) is 4.39 Å². The summed E-state index contributed by atoms with van der Waals surface area (Å²) in [5.74, 6) is -0.329. The lowest BCUT2D eigenvalue weighted by Crippen LogP contribution is -1.83. The lowest BCUT2D eigenvalue weighted by atomic mass is 10.2. The SMILES string of the molecule is Nc1nnc(-c2cc(Br)ccc2F)s1. The molecular formula is C8H5BrFN3S. The zero-order valence-corrected chi connectivity index (χ0v) is 9.27. The molecule has 1 heterocycles. The molecule has 0 spiro atoms. The number of anilines is 1. The number of hydrogen-bond acceptors (Lipinski definition) is 4. The van der Waals surface area contributed by atoms with Crippen molar-refractivity contribution in [2.45, 2.75) is 0 Å². The fourth-order valence-electron chi connectivity index (χ4n) is 1.00. The second-order valence-corrected chi connectivity index (χ2v) is 4.49. The Morgan fingerprint density at radius 2 is 2.14 bits per heavy atom. The summed E-state index contributed by atoms with van der Waals surface area (Å²) in [5, 5.41) is 8.22. The average molecular weight is 274 g/mol. The lowest BCUT2D eigenvalue weighted by Gasteiger charge is -1.98. The maximum atomic E-state index is 13.3. The minimum absolute atomic E-state index is 0.329. The third kappa shape index (κ3) is 1.76. The summed E-state index contributed by atoms with van der Waals surface area (Å²) in [6.45, 7) is 0. The van der Waals surface area contributed by atoms with Gasteiger partial charge in [-0.05, 0) is 18.2 Å². The van der Waals surface area contributed by atoms with Gasteiger partial charge in [-0.3, -0.25) is 0 Å². The molecule has 0 aliphatic rings. The number of nitrogens with zero attached hydrogens (tertiary/aromatic N) is 2. The van der Waals surface area contributed by atoms with Crippen LogP contribution in [0, 0.1) is 5.82 Å². The fraction of sp³-hybridized carbons (Fsp3) is 0. The second-order valence-electron chi connectivity index (χ2n) is 2.57. The predicted octanol–water partition coefficient (Wildman–Crippen LogP) is 2.69. The van der Waals surface area contributed by atoms with E-state index in [0.717, 1.165) is 15.8 Å². The van der Waals surface area contributed by atoms with Gasteiger partial charge in [-0.1, -0.05) is 27.3 Å². The monoisotopic (exact) mass is 273 g/mol. The van der Waals surface area contributed by atoms with Crippen LogP contribution in [0.15, 0.2) is 22.7 Å². The lowest BCUT2D eigenvalue weighted by molar-refractivity contribution is 0.630. The number of benzene rings is 1. The third-order valence-electron chi connectivity index (χ3n) is 1.60. The summed E-state index contributed by atoms with van der Waals surface area (Å²) >= 11 is 4.42. The van der Waals surface area contributed by atoms with Gasteiger partial charge < -0.3 is 5.73 Å². The van der Waals surface area contributed by atoms with Crippen LogP contribution in [0.5, 0.6) is 0 Å². The molecular weight excluding hydrogens is 269 g/mol. The normalized spacial score (nSPS) is 10.4. The quantitative estimate of drug-likeness (QED) is 0.869. The summed E-state index contributed by atoms with van der Waals surface area (Å²) in [4.78, 5) is 0.